The van der Waals surface area contributed by atoms with Crippen LogP contribution in [0.15, 0.2) is 65.7 Å². The molecule has 0 saturated carbocycles. The van der Waals surface area contributed by atoms with E-state index in [1.54, 1.807) is 6.07 Å². The number of hydrogen-bond donors (Lipinski definition) is 0. The van der Waals surface area contributed by atoms with Crippen LogP contribution in [-0.2, 0) is 18.3 Å². The average molecular weight is 461 g/mol. The lowest BCUT2D eigenvalue weighted by atomic mass is 10.0. The van der Waals surface area contributed by atoms with E-state index in [2.05, 4.69) is 27.3 Å². The summed E-state index contributed by atoms with van der Waals surface area (Å²) in [5, 5.41) is 8.70. The van der Waals surface area contributed by atoms with Crippen molar-refractivity contribution in [3.63, 3.8) is 0 Å². The summed E-state index contributed by atoms with van der Waals surface area (Å²) >= 11 is 1.34. The molecular weight excluding hydrogens is 433 g/mol. The van der Waals surface area contributed by atoms with Gasteiger partial charge in [0.2, 0.25) is 0 Å². The molecule has 32 heavy (non-hydrogen) atoms. The zero-order valence-corrected chi connectivity index (χ0v) is 18.7. The van der Waals surface area contributed by atoms with Gasteiger partial charge in [0.25, 0.3) is 0 Å². The second kappa shape index (κ2) is 10.5. The number of benzene rings is 2. The molecule has 8 heteroatoms. The molecule has 0 N–H and O–H groups in total. The highest BCUT2D eigenvalue weighted by atomic mass is 32.2. The zero-order valence-electron chi connectivity index (χ0n) is 17.8. The predicted molar refractivity (Wildman–Crippen MR) is 121 cm³/mol. The van der Waals surface area contributed by atoms with Crippen molar-refractivity contribution in [2.24, 2.45) is 0 Å². The number of aromatic nitrogens is 3. The maximum Gasteiger partial charge on any atom is 0.416 e. The van der Waals surface area contributed by atoms with Crippen LogP contribution in [0.2, 0.25) is 0 Å². The smallest absolute Gasteiger partial charge is 0.301 e. The molecule has 1 aliphatic rings. The first kappa shape index (κ1) is 22.9. The fraction of sp³-hybridized carbons (Fsp3) is 0.417. The summed E-state index contributed by atoms with van der Waals surface area (Å²) in [6.45, 7) is 3.13. The van der Waals surface area contributed by atoms with Gasteiger partial charge >= 0.3 is 6.18 Å². The van der Waals surface area contributed by atoms with Crippen LogP contribution in [0.5, 0.6) is 0 Å². The molecule has 0 unspecified atom stereocenters. The fourth-order valence-electron chi connectivity index (χ4n) is 4.05. The number of rotatable bonds is 8. The minimum absolute atomic E-state index is 0.162. The molecule has 4 nitrogen and oxygen atoms in total. The summed E-state index contributed by atoms with van der Waals surface area (Å²) in [6, 6.07) is 15.9. The Kier molecular flexibility index (Phi) is 7.52. The van der Waals surface area contributed by atoms with Crippen molar-refractivity contribution in [2.75, 3.05) is 19.6 Å². The van der Waals surface area contributed by atoms with Gasteiger partial charge in [0.15, 0.2) is 0 Å². The second-order valence-electron chi connectivity index (χ2n) is 8.21. The molecule has 0 bridgehead atoms. The summed E-state index contributed by atoms with van der Waals surface area (Å²) in [7, 11) is 0. The highest BCUT2D eigenvalue weighted by Crippen LogP contribution is 2.32. The van der Waals surface area contributed by atoms with Crippen LogP contribution < -0.4 is 0 Å². The highest BCUT2D eigenvalue weighted by Gasteiger charge is 2.30. The van der Waals surface area contributed by atoms with Crippen LogP contribution in [0, 0.1) is 0 Å². The van der Waals surface area contributed by atoms with Gasteiger partial charge in [-0.2, -0.15) is 13.2 Å². The van der Waals surface area contributed by atoms with E-state index in [4.69, 9.17) is 0 Å². The predicted octanol–water partition coefficient (Wildman–Crippen LogP) is 5.86. The van der Waals surface area contributed by atoms with Gasteiger partial charge in [-0.25, -0.2) is 4.68 Å². The van der Waals surface area contributed by atoms with Crippen molar-refractivity contribution in [1.29, 1.82) is 0 Å². The highest BCUT2D eigenvalue weighted by molar-refractivity contribution is 7.98. The Morgan fingerprint density at radius 1 is 0.969 bits per heavy atom. The quantitative estimate of drug-likeness (QED) is 0.395. The van der Waals surface area contributed by atoms with Crippen LogP contribution in [0.3, 0.4) is 0 Å². The lowest BCUT2D eigenvalue weighted by Gasteiger charge is -2.30. The standard InChI is InChI=1S/C24H27F3N4S/c25-24(26,27)20-10-7-11-23(15-20)32-18-21-16-31(29-28-21)22(14-19-8-3-1-4-9-19)17-30-12-5-2-6-13-30/h1,3-4,7-11,15-16,22H,2,5-6,12-14,17-18H2/t22-/m1/s1. The number of halogens is 3. The van der Waals surface area contributed by atoms with E-state index in [1.165, 1.54) is 48.7 Å². The van der Waals surface area contributed by atoms with Crippen molar-refractivity contribution in [2.45, 2.75) is 48.5 Å². The van der Waals surface area contributed by atoms with E-state index in [1.807, 2.05) is 29.1 Å². The monoisotopic (exact) mass is 460 g/mol. The molecule has 2 aromatic carbocycles. The number of thioether (sulfide) groups is 1. The lowest BCUT2D eigenvalue weighted by molar-refractivity contribution is -0.137. The Morgan fingerprint density at radius 2 is 1.75 bits per heavy atom. The Morgan fingerprint density at radius 3 is 2.50 bits per heavy atom. The summed E-state index contributed by atoms with van der Waals surface area (Å²) in [5.41, 5.74) is 1.39. The molecule has 0 radical (unpaired) electrons. The normalized spacial score (nSPS) is 16.2. The molecule has 0 amide bonds. The lowest BCUT2D eigenvalue weighted by Crippen LogP contribution is -2.36. The van der Waals surface area contributed by atoms with Crippen LogP contribution in [-0.4, -0.2) is 39.5 Å². The number of hydrogen-bond acceptors (Lipinski definition) is 4. The SMILES string of the molecule is FC(F)(F)c1cccc(SCc2cn([C@H](Cc3ccccc3)CN3CCCCC3)nn2)c1. The Balaban J connectivity index is 1.44. The van der Waals surface area contributed by atoms with Crippen LogP contribution >= 0.6 is 11.8 Å². The first-order chi connectivity index (χ1) is 15.5. The Labute approximate surface area is 190 Å². The average Bonchev–Trinajstić information content (AvgIpc) is 3.27. The molecule has 0 aliphatic carbocycles. The molecule has 1 aromatic heterocycles. The Bertz CT molecular complexity index is 984. The van der Waals surface area contributed by atoms with Gasteiger partial charge < -0.3 is 4.90 Å². The first-order valence-electron chi connectivity index (χ1n) is 10.9. The third-order valence-electron chi connectivity index (χ3n) is 5.71. The summed E-state index contributed by atoms with van der Waals surface area (Å²) in [6.07, 6.45) is 2.22. The largest absolute Gasteiger partial charge is 0.416 e. The number of piperidine rings is 1. The van der Waals surface area contributed by atoms with E-state index >= 15 is 0 Å². The molecule has 1 atom stereocenters. The molecule has 1 saturated heterocycles. The van der Waals surface area contributed by atoms with Gasteiger partial charge in [-0.05, 0) is 56.1 Å². The molecule has 1 fully saturated rings. The maximum atomic E-state index is 13.0. The third-order valence-corrected chi connectivity index (χ3v) is 6.74. The number of likely N-dealkylation sites (tertiary alicyclic amines) is 1. The van der Waals surface area contributed by atoms with Crippen molar-refractivity contribution in [1.82, 2.24) is 19.9 Å². The van der Waals surface area contributed by atoms with Crippen LogP contribution in [0.4, 0.5) is 13.2 Å². The van der Waals surface area contributed by atoms with E-state index in [0.29, 0.717) is 10.6 Å². The van der Waals surface area contributed by atoms with Gasteiger partial charge in [0.1, 0.15) is 0 Å². The first-order valence-corrected chi connectivity index (χ1v) is 11.9. The molecule has 1 aliphatic heterocycles. The molecule has 4 rings (SSSR count). The molecule has 170 valence electrons. The Hall–Kier alpha value is -2.32. The van der Waals surface area contributed by atoms with Gasteiger partial charge in [-0.1, -0.05) is 48.0 Å². The summed E-state index contributed by atoms with van der Waals surface area (Å²) in [4.78, 5) is 3.07. The number of alkyl halides is 3. The van der Waals surface area contributed by atoms with Gasteiger partial charge in [-0.15, -0.1) is 16.9 Å². The number of nitrogens with zero attached hydrogens (tertiary/aromatic N) is 4. The van der Waals surface area contributed by atoms with Gasteiger partial charge in [0.05, 0.1) is 17.3 Å². The van der Waals surface area contributed by atoms with E-state index in [9.17, 15) is 13.2 Å². The molecule has 0 spiro atoms. The van der Waals surface area contributed by atoms with Gasteiger partial charge in [0, 0.05) is 23.4 Å². The maximum absolute atomic E-state index is 13.0. The van der Waals surface area contributed by atoms with Crippen molar-refractivity contribution >= 4 is 11.8 Å². The van der Waals surface area contributed by atoms with E-state index < -0.39 is 11.7 Å². The minimum Gasteiger partial charge on any atom is -0.301 e. The second-order valence-corrected chi connectivity index (χ2v) is 9.26. The molecular formula is C24H27F3N4S. The van der Waals surface area contributed by atoms with Crippen LogP contribution in [0.25, 0.3) is 0 Å². The van der Waals surface area contributed by atoms with E-state index in [0.717, 1.165) is 37.8 Å². The fourth-order valence-corrected chi connectivity index (χ4v) is 4.88. The van der Waals surface area contributed by atoms with Crippen molar-refractivity contribution in [3.05, 3.63) is 77.6 Å². The van der Waals surface area contributed by atoms with Crippen molar-refractivity contribution < 1.29 is 13.2 Å². The summed E-state index contributed by atoms with van der Waals surface area (Å²) < 4.78 is 40.8. The zero-order chi connectivity index (χ0) is 22.4. The molecule has 3 aromatic rings. The van der Waals surface area contributed by atoms with Gasteiger partial charge in [-0.3, -0.25) is 0 Å². The summed E-state index contributed by atoms with van der Waals surface area (Å²) in [5.74, 6) is 0.475. The third kappa shape index (κ3) is 6.36. The van der Waals surface area contributed by atoms with Crippen molar-refractivity contribution in [3.8, 4) is 0 Å². The molecule has 2 heterocycles. The van der Waals surface area contributed by atoms with Crippen LogP contribution in [0.1, 0.15) is 42.1 Å². The topological polar surface area (TPSA) is 34.0 Å². The van der Waals surface area contributed by atoms with E-state index in [-0.39, 0.29) is 6.04 Å². The minimum atomic E-state index is -4.33.